The number of aryl methyl sites for hydroxylation is 1. The van der Waals surface area contributed by atoms with Crippen molar-refractivity contribution in [2.45, 2.75) is 39.7 Å². The fraction of sp³-hybridized carbons (Fsp3) is 0.500. The average molecular weight is 261 g/mol. The molecule has 2 N–H and O–H groups in total. The summed E-state index contributed by atoms with van der Waals surface area (Å²) in [6, 6.07) is 4.18. The average Bonchev–Trinajstić information content (AvgIpc) is 2.30. The van der Waals surface area contributed by atoms with Crippen molar-refractivity contribution in [1.29, 1.82) is 0 Å². The van der Waals surface area contributed by atoms with Gasteiger partial charge in [0.15, 0.2) is 5.88 Å². The van der Waals surface area contributed by atoms with E-state index in [2.05, 4.69) is 39.5 Å². The topological polar surface area (TPSA) is 44.5 Å². The molecule has 0 amide bonds. The largest absolute Gasteiger partial charge is 0.493 e. The molecule has 1 aliphatic rings. The molecule has 0 unspecified atom stereocenters. The SMILES string of the molecule is C=C(N)OC1CC(COc2ccc(C)c(C)c2C)C1. The lowest BCUT2D eigenvalue weighted by Gasteiger charge is -2.35. The minimum Gasteiger partial charge on any atom is -0.493 e. The summed E-state index contributed by atoms with van der Waals surface area (Å²) in [6.45, 7) is 10.7. The number of ether oxygens (including phenoxy) is 2. The molecule has 19 heavy (non-hydrogen) atoms. The van der Waals surface area contributed by atoms with Gasteiger partial charge in [0.05, 0.1) is 6.61 Å². The van der Waals surface area contributed by atoms with E-state index in [0.29, 0.717) is 11.8 Å². The highest BCUT2D eigenvalue weighted by molar-refractivity contribution is 5.42. The molecular weight excluding hydrogens is 238 g/mol. The first-order chi connectivity index (χ1) is 8.97. The molecule has 0 radical (unpaired) electrons. The third kappa shape index (κ3) is 3.22. The molecular formula is C16H23NO2. The highest BCUT2D eigenvalue weighted by Gasteiger charge is 2.31. The second-order valence-corrected chi connectivity index (χ2v) is 5.49. The van der Waals surface area contributed by atoms with E-state index in [1.165, 1.54) is 16.7 Å². The first-order valence-electron chi connectivity index (χ1n) is 6.78. The van der Waals surface area contributed by atoms with E-state index in [4.69, 9.17) is 15.2 Å². The van der Waals surface area contributed by atoms with Crippen molar-refractivity contribution in [2.24, 2.45) is 11.7 Å². The summed E-state index contributed by atoms with van der Waals surface area (Å²) < 4.78 is 11.3. The van der Waals surface area contributed by atoms with Gasteiger partial charge in [-0.25, -0.2) is 0 Å². The van der Waals surface area contributed by atoms with Gasteiger partial charge < -0.3 is 15.2 Å². The smallest absolute Gasteiger partial charge is 0.176 e. The minimum absolute atomic E-state index is 0.229. The predicted molar refractivity (Wildman–Crippen MR) is 77.1 cm³/mol. The second-order valence-electron chi connectivity index (χ2n) is 5.49. The fourth-order valence-corrected chi connectivity index (χ4v) is 2.42. The molecule has 3 nitrogen and oxygen atoms in total. The van der Waals surface area contributed by atoms with Crippen molar-refractivity contribution in [1.82, 2.24) is 0 Å². The summed E-state index contributed by atoms with van der Waals surface area (Å²) in [4.78, 5) is 0. The van der Waals surface area contributed by atoms with Crippen molar-refractivity contribution in [3.05, 3.63) is 41.3 Å². The first-order valence-corrected chi connectivity index (χ1v) is 6.78. The van der Waals surface area contributed by atoms with Gasteiger partial charge in [0, 0.05) is 0 Å². The summed E-state index contributed by atoms with van der Waals surface area (Å²) in [5.41, 5.74) is 9.27. The van der Waals surface area contributed by atoms with Gasteiger partial charge in [-0.2, -0.15) is 0 Å². The Bertz CT molecular complexity index is 476. The Morgan fingerprint density at radius 3 is 2.58 bits per heavy atom. The van der Waals surface area contributed by atoms with Gasteiger partial charge >= 0.3 is 0 Å². The zero-order valence-electron chi connectivity index (χ0n) is 12.0. The van der Waals surface area contributed by atoms with Crippen molar-refractivity contribution >= 4 is 0 Å². The van der Waals surface area contributed by atoms with Gasteiger partial charge in [0.1, 0.15) is 11.9 Å². The van der Waals surface area contributed by atoms with Crippen LogP contribution in [0.4, 0.5) is 0 Å². The Kier molecular flexibility index (Phi) is 4.03. The summed E-state index contributed by atoms with van der Waals surface area (Å²) in [5, 5.41) is 0. The number of benzene rings is 1. The molecule has 0 aromatic heterocycles. The van der Waals surface area contributed by atoms with Gasteiger partial charge in [-0.1, -0.05) is 6.07 Å². The Hall–Kier alpha value is -1.64. The Morgan fingerprint density at radius 1 is 1.26 bits per heavy atom. The van der Waals surface area contributed by atoms with Crippen LogP contribution in [-0.2, 0) is 4.74 Å². The lowest BCUT2D eigenvalue weighted by molar-refractivity contribution is -0.00637. The predicted octanol–water partition coefficient (Wildman–Crippen LogP) is 3.22. The van der Waals surface area contributed by atoms with Crippen molar-refractivity contribution in [3.8, 4) is 5.75 Å². The van der Waals surface area contributed by atoms with E-state index in [-0.39, 0.29) is 6.10 Å². The summed E-state index contributed by atoms with van der Waals surface area (Å²) in [6.07, 6.45) is 2.23. The molecule has 0 atom stereocenters. The molecule has 1 aromatic rings. The van der Waals surface area contributed by atoms with Crippen LogP contribution in [0.25, 0.3) is 0 Å². The first kappa shape index (κ1) is 13.8. The van der Waals surface area contributed by atoms with Crippen LogP contribution >= 0.6 is 0 Å². The van der Waals surface area contributed by atoms with Crippen LogP contribution in [0.3, 0.4) is 0 Å². The minimum atomic E-state index is 0.229. The van der Waals surface area contributed by atoms with Gasteiger partial charge in [-0.3, -0.25) is 0 Å². The maximum absolute atomic E-state index is 5.92. The van der Waals surface area contributed by atoms with Gasteiger partial charge in [0.25, 0.3) is 0 Å². The molecule has 0 spiro atoms. The molecule has 1 aliphatic carbocycles. The number of hydrogen-bond acceptors (Lipinski definition) is 3. The molecule has 3 heteroatoms. The maximum atomic E-state index is 5.92. The summed E-state index contributed by atoms with van der Waals surface area (Å²) >= 11 is 0. The molecule has 2 rings (SSSR count). The zero-order chi connectivity index (χ0) is 14.0. The van der Waals surface area contributed by atoms with Gasteiger partial charge in [-0.15, -0.1) is 0 Å². The van der Waals surface area contributed by atoms with Crippen molar-refractivity contribution in [3.63, 3.8) is 0 Å². The molecule has 104 valence electrons. The number of rotatable bonds is 5. The zero-order valence-corrected chi connectivity index (χ0v) is 12.0. The third-order valence-corrected chi connectivity index (χ3v) is 3.99. The van der Waals surface area contributed by atoms with Crippen molar-refractivity contribution in [2.75, 3.05) is 6.61 Å². The summed E-state index contributed by atoms with van der Waals surface area (Å²) in [5.74, 6) is 1.87. The van der Waals surface area contributed by atoms with E-state index >= 15 is 0 Å². The maximum Gasteiger partial charge on any atom is 0.176 e. The lowest BCUT2D eigenvalue weighted by Crippen LogP contribution is -2.35. The normalized spacial score (nSPS) is 21.6. The lowest BCUT2D eigenvalue weighted by atomic mass is 9.83. The molecule has 1 fully saturated rings. The van der Waals surface area contributed by atoms with Crippen molar-refractivity contribution < 1.29 is 9.47 Å². The van der Waals surface area contributed by atoms with E-state index in [9.17, 15) is 0 Å². The van der Waals surface area contributed by atoms with E-state index < -0.39 is 0 Å². The standard InChI is InChI=1S/C16H23NO2/c1-10-5-6-16(12(3)11(10)2)18-9-14-7-15(8-14)19-13(4)17/h5-6,14-15H,4,7-9,17H2,1-3H3. The molecule has 0 aliphatic heterocycles. The highest BCUT2D eigenvalue weighted by Crippen LogP contribution is 2.32. The van der Waals surface area contributed by atoms with Crippen LogP contribution in [-0.4, -0.2) is 12.7 Å². The molecule has 1 saturated carbocycles. The molecule has 0 bridgehead atoms. The number of nitrogens with two attached hydrogens (primary N) is 1. The van der Waals surface area contributed by atoms with E-state index in [0.717, 1.165) is 25.2 Å². The third-order valence-electron chi connectivity index (χ3n) is 3.99. The van der Waals surface area contributed by atoms with E-state index in [1.807, 2.05) is 0 Å². The van der Waals surface area contributed by atoms with Gasteiger partial charge in [0.2, 0.25) is 0 Å². The Balaban J connectivity index is 1.82. The van der Waals surface area contributed by atoms with E-state index in [1.54, 1.807) is 0 Å². The van der Waals surface area contributed by atoms with Crippen LogP contribution in [0, 0.1) is 26.7 Å². The monoisotopic (exact) mass is 261 g/mol. The summed E-state index contributed by atoms with van der Waals surface area (Å²) in [7, 11) is 0. The van der Waals surface area contributed by atoms with Gasteiger partial charge in [-0.05, 0) is 68.9 Å². The van der Waals surface area contributed by atoms with Crippen LogP contribution in [0.5, 0.6) is 5.75 Å². The molecule has 1 aromatic carbocycles. The quantitative estimate of drug-likeness (QED) is 0.828. The Labute approximate surface area is 115 Å². The van der Waals surface area contributed by atoms with Crippen LogP contribution in [0.2, 0.25) is 0 Å². The Morgan fingerprint density at radius 2 is 1.95 bits per heavy atom. The van der Waals surface area contributed by atoms with Crippen LogP contribution in [0.1, 0.15) is 29.5 Å². The second kappa shape index (κ2) is 5.55. The van der Waals surface area contributed by atoms with Crippen LogP contribution in [0.15, 0.2) is 24.6 Å². The molecule has 0 heterocycles. The highest BCUT2D eigenvalue weighted by atomic mass is 16.5. The molecule has 0 saturated heterocycles. The van der Waals surface area contributed by atoms with Crippen LogP contribution < -0.4 is 10.5 Å². The number of hydrogen-bond donors (Lipinski definition) is 1. The fourth-order valence-electron chi connectivity index (χ4n) is 2.42.